The van der Waals surface area contributed by atoms with Gasteiger partial charge in [0.25, 0.3) is 5.82 Å². The van der Waals surface area contributed by atoms with Gasteiger partial charge in [0.1, 0.15) is 11.5 Å². The molecule has 0 radical (unpaired) electrons. The number of hydrogen-bond acceptors (Lipinski definition) is 2. The third-order valence-electron chi connectivity index (χ3n) is 12.0. The molecule has 0 atom stereocenters. The van der Waals surface area contributed by atoms with Crippen LogP contribution in [0.3, 0.4) is 0 Å². The number of nitrogens with one attached hydrogen (secondary N) is 1. The molecule has 5 heteroatoms. The van der Waals surface area contributed by atoms with Crippen molar-refractivity contribution in [3.05, 3.63) is 224 Å². The number of benzene rings is 9. The lowest BCUT2D eigenvalue weighted by Crippen LogP contribution is -2.31. The molecule has 5 nitrogen and oxygen atoms in total. The monoisotopic (exact) mass is 792 g/mol. The number of aromatic amines is 1. The van der Waals surface area contributed by atoms with E-state index in [1.165, 1.54) is 21.5 Å². The van der Waals surface area contributed by atoms with Gasteiger partial charge in [0.2, 0.25) is 0 Å². The van der Waals surface area contributed by atoms with E-state index in [-0.39, 0.29) is 0 Å². The highest BCUT2D eigenvalue weighted by molar-refractivity contribution is 5.91. The van der Waals surface area contributed by atoms with Crippen LogP contribution in [0.4, 0.5) is 0 Å². The van der Waals surface area contributed by atoms with Crippen molar-refractivity contribution in [2.24, 2.45) is 0 Å². The summed E-state index contributed by atoms with van der Waals surface area (Å²) in [4.78, 5) is 14.2. The summed E-state index contributed by atoms with van der Waals surface area (Å²) in [5.74, 6) is 1.91. The first-order valence-electron chi connectivity index (χ1n) is 21.0. The molecule has 62 heavy (non-hydrogen) atoms. The Morgan fingerprint density at radius 2 is 0.952 bits per heavy atom. The second-order valence-corrected chi connectivity index (χ2v) is 15.8. The van der Waals surface area contributed by atoms with E-state index in [0.717, 1.165) is 89.9 Å². The molecule has 0 spiro atoms. The summed E-state index contributed by atoms with van der Waals surface area (Å²) in [5, 5.41) is 4.85. The number of aromatic nitrogens is 5. The Balaban J connectivity index is 0.944. The first-order valence-corrected chi connectivity index (χ1v) is 21.0. The van der Waals surface area contributed by atoms with Crippen LogP contribution in [0.5, 0.6) is 0 Å². The third-order valence-corrected chi connectivity index (χ3v) is 12.0. The van der Waals surface area contributed by atoms with Crippen molar-refractivity contribution in [2.45, 2.75) is 0 Å². The molecular formula is C57H38N5+. The Hall–Kier alpha value is -8.41. The van der Waals surface area contributed by atoms with Gasteiger partial charge in [-0.15, -0.1) is 0 Å². The van der Waals surface area contributed by atoms with Crippen LogP contribution in [-0.2, 0) is 0 Å². The minimum Gasteiger partial charge on any atom is -0.292 e. The highest BCUT2D eigenvalue weighted by Gasteiger charge is 2.23. The largest absolute Gasteiger partial charge is 0.292 e. The first-order chi connectivity index (χ1) is 30.7. The predicted octanol–water partition coefficient (Wildman–Crippen LogP) is 13.8. The molecule has 0 saturated carbocycles. The van der Waals surface area contributed by atoms with Gasteiger partial charge in [-0.25, -0.2) is 15.0 Å². The molecule has 0 unspecified atom stereocenters. The van der Waals surface area contributed by atoms with E-state index in [1.807, 2.05) is 0 Å². The van der Waals surface area contributed by atoms with Crippen molar-refractivity contribution in [3.8, 4) is 67.8 Å². The van der Waals surface area contributed by atoms with Crippen molar-refractivity contribution >= 4 is 43.6 Å². The molecule has 12 rings (SSSR count). The highest BCUT2D eigenvalue weighted by Crippen LogP contribution is 2.35. The molecule has 3 aromatic heterocycles. The zero-order chi connectivity index (χ0) is 41.0. The Morgan fingerprint density at radius 1 is 0.387 bits per heavy atom. The molecule has 0 fully saturated rings. The molecular weight excluding hydrogens is 755 g/mol. The van der Waals surface area contributed by atoms with Crippen LogP contribution in [0, 0.1) is 0 Å². The fourth-order valence-electron chi connectivity index (χ4n) is 8.87. The van der Waals surface area contributed by atoms with Crippen molar-refractivity contribution < 1.29 is 4.57 Å². The minimum absolute atomic E-state index is 0.882. The number of pyridine rings is 1. The molecule has 0 aliphatic carbocycles. The maximum atomic E-state index is 5.33. The molecule has 0 bridgehead atoms. The summed E-state index contributed by atoms with van der Waals surface area (Å²) in [6.07, 6.45) is 0. The zero-order valence-corrected chi connectivity index (χ0v) is 33.7. The van der Waals surface area contributed by atoms with Gasteiger partial charge in [0.15, 0.2) is 11.0 Å². The predicted molar refractivity (Wildman–Crippen MR) is 254 cm³/mol. The highest BCUT2D eigenvalue weighted by atomic mass is 15.1. The van der Waals surface area contributed by atoms with Crippen LogP contribution < -0.4 is 4.57 Å². The van der Waals surface area contributed by atoms with Crippen LogP contribution >= 0.6 is 0 Å². The van der Waals surface area contributed by atoms with Crippen LogP contribution in [0.1, 0.15) is 0 Å². The number of nitrogens with zero attached hydrogens (tertiary/aromatic N) is 4. The SMILES string of the molecule is c1ccc(-[n+]2c(-c3ccc(-c4nc5ccccc5n4-c4ccc(-c5cc(-c6ccc7ccccc7c6)cc(-c6ccc7ccccc7c6)n5)cc4)cc3)[nH]c3ccccc32)cc1. The summed E-state index contributed by atoms with van der Waals surface area (Å²) in [7, 11) is 0. The van der Waals surface area contributed by atoms with Crippen LogP contribution in [0.15, 0.2) is 224 Å². The Morgan fingerprint density at radius 3 is 1.71 bits per heavy atom. The summed E-state index contributed by atoms with van der Waals surface area (Å²) in [6.45, 7) is 0. The van der Waals surface area contributed by atoms with E-state index < -0.39 is 0 Å². The molecule has 290 valence electrons. The Bertz CT molecular complexity index is 3520. The molecule has 0 aliphatic heterocycles. The number of fused-ring (bicyclic) bond motifs is 4. The van der Waals surface area contributed by atoms with Crippen molar-refractivity contribution in [3.63, 3.8) is 0 Å². The Labute approximate surface area is 358 Å². The molecule has 0 amide bonds. The van der Waals surface area contributed by atoms with E-state index in [9.17, 15) is 0 Å². The number of rotatable bonds is 7. The average Bonchev–Trinajstić information content (AvgIpc) is 3.94. The van der Waals surface area contributed by atoms with Gasteiger partial charge in [0, 0.05) is 22.4 Å². The molecule has 0 saturated heterocycles. The second kappa shape index (κ2) is 14.7. The van der Waals surface area contributed by atoms with Gasteiger partial charge >= 0.3 is 0 Å². The first kappa shape index (κ1) is 35.5. The number of imidazole rings is 2. The quantitative estimate of drug-likeness (QED) is 0.163. The molecule has 12 aromatic rings. The summed E-state index contributed by atoms with van der Waals surface area (Å²) < 4.78 is 4.55. The molecule has 0 aliphatic rings. The van der Waals surface area contributed by atoms with Gasteiger partial charge in [-0.05, 0) is 118 Å². The van der Waals surface area contributed by atoms with E-state index in [4.69, 9.17) is 9.97 Å². The fraction of sp³-hybridized carbons (Fsp3) is 0. The van der Waals surface area contributed by atoms with Crippen molar-refractivity contribution in [1.82, 2.24) is 19.5 Å². The smallest absolute Gasteiger partial charge is 0.292 e. The second-order valence-electron chi connectivity index (χ2n) is 15.8. The van der Waals surface area contributed by atoms with Gasteiger partial charge in [-0.3, -0.25) is 4.57 Å². The standard InChI is InChI=1S/C57H37N5/c1-2-16-48(17-3-1)61-54-20-10-8-18-50(54)59-56(61)41-24-26-42(27-25-41)57-60-51-19-9-11-21-55(51)62(57)49-32-30-40(31-33-49)52-36-47(45-28-22-38-12-4-6-14-43(38)34-45)37-53(58-52)46-29-23-39-13-5-7-15-44(39)35-46/h1-37H/p+1. The van der Waals surface area contributed by atoms with Crippen molar-refractivity contribution in [2.75, 3.05) is 0 Å². The van der Waals surface area contributed by atoms with Gasteiger partial charge in [-0.1, -0.05) is 140 Å². The average molecular weight is 793 g/mol. The van der Waals surface area contributed by atoms with Crippen LogP contribution in [0.25, 0.3) is 111 Å². The fourth-order valence-corrected chi connectivity index (χ4v) is 8.87. The normalized spacial score (nSPS) is 11.5. The zero-order valence-electron chi connectivity index (χ0n) is 33.7. The summed E-state index contributed by atoms with van der Waals surface area (Å²) in [6, 6.07) is 79.6. The summed E-state index contributed by atoms with van der Waals surface area (Å²) in [5.41, 5.74) is 14.7. The van der Waals surface area contributed by atoms with Gasteiger partial charge in [0.05, 0.1) is 28.0 Å². The minimum atomic E-state index is 0.882. The lowest BCUT2D eigenvalue weighted by molar-refractivity contribution is -0.554. The number of para-hydroxylation sites is 5. The number of hydrogen-bond donors (Lipinski definition) is 1. The van der Waals surface area contributed by atoms with E-state index in [1.54, 1.807) is 0 Å². The lowest BCUT2D eigenvalue weighted by atomic mass is 9.97. The van der Waals surface area contributed by atoms with E-state index in [2.05, 4.69) is 239 Å². The molecule has 3 heterocycles. The maximum absolute atomic E-state index is 5.33. The number of H-pyrrole nitrogens is 1. The summed E-state index contributed by atoms with van der Waals surface area (Å²) >= 11 is 0. The van der Waals surface area contributed by atoms with E-state index >= 15 is 0 Å². The van der Waals surface area contributed by atoms with E-state index in [0.29, 0.717) is 0 Å². The molecule has 9 aromatic carbocycles. The Kier molecular flexibility index (Phi) is 8.42. The van der Waals surface area contributed by atoms with Gasteiger partial charge < -0.3 is 0 Å². The molecule has 1 N–H and O–H groups in total. The van der Waals surface area contributed by atoms with Crippen LogP contribution in [-0.4, -0.2) is 19.5 Å². The van der Waals surface area contributed by atoms with Gasteiger partial charge in [-0.2, -0.15) is 4.57 Å². The third kappa shape index (κ3) is 6.23. The lowest BCUT2D eigenvalue weighted by Gasteiger charge is -2.13. The topological polar surface area (TPSA) is 50.4 Å². The maximum Gasteiger partial charge on any atom is 0.292 e. The van der Waals surface area contributed by atoms with Crippen LogP contribution in [0.2, 0.25) is 0 Å². The van der Waals surface area contributed by atoms with Crippen molar-refractivity contribution in [1.29, 1.82) is 0 Å².